The van der Waals surface area contributed by atoms with Gasteiger partial charge in [0, 0.05) is 0 Å². The summed E-state index contributed by atoms with van der Waals surface area (Å²) in [6.07, 6.45) is -0.245. The highest BCUT2D eigenvalue weighted by atomic mass is 35.5. The second-order valence-corrected chi connectivity index (χ2v) is 8.31. The molecule has 4 aromatic rings. The fraction of sp³-hybridized carbons (Fsp3) is 0.182. The Morgan fingerprint density at radius 3 is 1.73 bits per heavy atom. The van der Waals surface area contributed by atoms with Crippen molar-refractivity contribution >= 4 is 53.4 Å². The zero-order chi connectivity index (χ0) is 21.3. The highest BCUT2D eigenvalue weighted by molar-refractivity contribution is 7.31. The molecule has 0 aliphatic heterocycles. The van der Waals surface area contributed by atoms with E-state index >= 15 is 0 Å². The Morgan fingerprint density at radius 1 is 0.767 bits per heavy atom. The number of methoxy groups -OCH3 is 2. The Hall–Kier alpha value is -2.30. The van der Waals surface area contributed by atoms with Crippen LogP contribution in [0.4, 0.5) is 0 Å². The fourth-order valence-corrected chi connectivity index (χ4v) is 4.84. The van der Waals surface area contributed by atoms with Gasteiger partial charge in [-0.3, -0.25) is 4.52 Å². The van der Waals surface area contributed by atoms with Crippen molar-refractivity contribution in [2.24, 2.45) is 0 Å². The molecule has 0 saturated heterocycles. The van der Waals surface area contributed by atoms with Gasteiger partial charge in [-0.15, -0.1) is 0 Å². The summed E-state index contributed by atoms with van der Waals surface area (Å²) in [7, 11) is 1.30. The third-order valence-corrected chi connectivity index (χ3v) is 6.44. The summed E-state index contributed by atoms with van der Waals surface area (Å²) in [6, 6.07) is 16.8. The highest BCUT2D eigenvalue weighted by Crippen LogP contribution is 2.46. The molecule has 1 atom stereocenters. The van der Waals surface area contributed by atoms with E-state index in [-0.39, 0.29) is 6.10 Å². The van der Waals surface area contributed by atoms with Gasteiger partial charge in [-0.05, 0) is 36.8 Å². The maximum Gasteiger partial charge on any atom is 0.388 e. The van der Waals surface area contributed by atoms with E-state index in [0.717, 1.165) is 5.56 Å². The molecule has 1 heterocycles. The molecule has 8 heteroatoms. The number of ether oxygens (including phenoxy) is 2. The van der Waals surface area contributed by atoms with E-state index in [4.69, 9.17) is 45.6 Å². The van der Waals surface area contributed by atoms with E-state index in [1.807, 2.05) is 37.3 Å². The minimum Gasteiger partial charge on any atom is -0.494 e. The number of rotatable bonds is 5. The van der Waals surface area contributed by atoms with Crippen LogP contribution in [-0.4, -0.2) is 14.2 Å². The van der Waals surface area contributed by atoms with E-state index < -0.39 is 8.24 Å². The lowest BCUT2D eigenvalue weighted by molar-refractivity contribution is 0.285. The van der Waals surface area contributed by atoms with E-state index in [1.165, 1.54) is 0 Å². The lowest BCUT2D eigenvalue weighted by Crippen LogP contribution is -1.99. The third kappa shape index (κ3) is 3.86. The van der Waals surface area contributed by atoms with E-state index in [9.17, 15) is 0 Å². The summed E-state index contributed by atoms with van der Waals surface area (Å²) >= 11 is 12.8. The van der Waals surface area contributed by atoms with Crippen LogP contribution < -0.4 is 14.0 Å². The van der Waals surface area contributed by atoms with Crippen LogP contribution in [0.15, 0.2) is 63.0 Å². The van der Waals surface area contributed by atoms with Gasteiger partial charge in [0.05, 0.1) is 41.1 Å². The zero-order valence-electron chi connectivity index (χ0n) is 16.5. The minimum atomic E-state index is -1.79. The van der Waals surface area contributed by atoms with Crippen molar-refractivity contribution in [1.29, 1.82) is 0 Å². The molecule has 156 valence electrons. The van der Waals surface area contributed by atoms with Crippen LogP contribution >= 0.6 is 31.4 Å². The molecule has 0 aliphatic rings. The smallest absolute Gasteiger partial charge is 0.388 e. The van der Waals surface area contributed by atoms with Gasteiger partial charge in [-0.2, -0.15) is 0 Å². The maximum atomic E-state index is 6.40. The molecule has 1 aromatic heterocycles. The molecule has 3 aromatic carbocycles. The quantitative estimate of drug-likeness (QED) is 0.301. The van der Waals surface area contributed by atoms with Crippen LogP contribution in [0.1, 0.15) is 18.6 Å². The summed E-state index contributed by atoms with van der Waals surface area (Å²) in [5, 5.41) is 2.05. The van der Waals surface area contributed by atoms with E-state index in [2.05, 4.69) is 0 Å². The van der Waals surface area contributed by atoms with Crippen LogP contribution in [0.25, 0.3) is 21.9 Å². The highest BCUT2D eigenvalue weighted by Gasteiger charge is 2.20. The Bertz CT molecular complexity index is 1170. The maximum absolute atomic E-state index is 6.40. The summed E-state index contributed by atoms with van der Waals surface area (Å²) in [5.74, 6) is 0.875. The monoisotopic (exact) mass is 464 g/mol. The lowest BCUT2D eigenvalue weighted by atomic mass is 10.1. The van der Waals surface area contributed by atoms with E-state index in [0.29, 0.717) is 43.5 Å². The molecule has 0 aliphatic carbocycles. The summed E-state index contributed by atoms with van der Waals surface area (Å²) in [5.41, 5.74) is 2.02. The molecule has 0 amide bonds. The molecule has 30 heavy (non-hydrogen) atoms. The van der Waals surface area contributed by atoms with Crippen LogP contribution in [0.3, 0.4) is 0 Å². The lowest BCUT2D eigenvalue weighted by Gasteiger charge is -2.10. The van der Waals surface area contributed by atoms with Gasteiger partial charge < -0.3 is 17.9 Å². The van der Waals surface area contributed by atoms with Crippen molar-refractivity contribution in [2.75, 3.05) is 14.2 Å². The summed E-state index contributed by atoms with van der Waals surface area (Å²) in [6.45, 7) is 1.95. The van der Waals surface area contributed by atoms with Crippen LogP contribution in [-0.2, 0) is 0 Å². The van der Waals surface area contributed by atoms with Crippen molar-refractivity contribution in [2.45, 2.75) is 13.0 Å². The third-order valence-electron chi connectivity index (χ3n) is 4.66. The number of hydrogen-bond donors (Lipinski definition) is 0. The summed E-state index contributed by atoms with van der Waals surface area (Å²) in [4.78, 5) is 0. The zero-order valence-corrected chi connectivity index (χ0v) is 18.9. The molecule has 0 bridgehead atoms. The van der Waals surface area contributed by atoms with Gasteiger partial charge in [0.15, 0.2) is 0 Å². The van der Waals surface area contributed by atoms with Crippen LogP contribution in [0, 0.1) is 0 Å². The molecule has 0 radical (unpaired) electrons. The number of hydrogen-bond acceptors (Lipinski definition) is 5. The Labute approximate surface area is 184 Å². The van der Waals surface area contributed by atoms with Crippen molar-refractivity contribution in [3.63, 3.8) is 0 Å². The molecule has 0 spiro atoms. The standard InChI is InChI=1S/C22H19Cl2O5P/c1-13(14-7-5-4-6-8-14)27-30-28-17-11-9-15(23)21(25-2)19(17)20-18(29-30)12-10-16(24)22(20)26-3/h4-13H,1-3H3/t13-/m1/s1. The largest absolute Gasteiger partial charge is 0.494 e. The second-order valence-electron chi connectivity index (χ2n) is 6.47. The molecule has 5 nitrogen and oxygen atoms in total. The average Bonchev–Trinajstić information content (AvgIpc) is 2.91. The van der Waals surface area contributed by atoms with Crippen molar-refractivity contribution in [3.05, 3.63) is 70.2 Å². The first-order valence-electron chi connectivity index (χ1n) is 9.14. The first kappa shape index (κ1) is 21.0. The normalized spacial score (nSPS) is 12.2. The predicted molar refractivity (Wildman–Crippen MR) is 121 cm³/mol. The Kier molecular flexibility index (Phi) is 6.16. The van der Waals surface area contributed by atoms with Crippen molar-refractivity contribution in [3.8, 4) is 11.5 Å². The SMILES string of the molecule is COc1c(Cl)ccc2op(O[C@H](C)c3ccccc3)oc3ccc(Cl)c(OC)c3c12. The molecule has 0 unspecified atom stereocenters. The second kappa shape index (κ2) is 8.83. The number of fused-ring (bicyclic) bond motifs is 3. The molecular weight excluding hydrogens is 446 g/mol. The molecule has 0 N–H and O–H groups in total. The first-order valence-corrected chi connectivity index (χ1v) is 11.0. The predicted octanol–water partition coefficient (Wildman–Crippen LogP) is 7.80. The van der Waals surface area contributed by atoms with Crippen LogP contribution in [0.5, 0.6) is 11.5 Å². The summed E-state index contributed by atoms with van der Waals surface area (Å²) < 4.78 is 29.6. The van der Waals surface area contributed by atoms with Gasteiger partial charge in [-0.1, -0.05) is 53.5 Å². The van der Waals surface area contributed by atoms with Gasteiger partial charge in [-0.25, -0.2) is 0 Å². The van der Waals surface area contributed by atoms with Crippen molar-refractivity contribution < 1.29 is 22.4 Å². The van der Waals surface area contributed by atoms with Crippen molar-refractivity contribution in [1.82, 2.24) is 0 Å². The van der Waals surface area contributed by atoms with Crippen LogP contribution in [0.2, 0.25) is 10.0 Å². The van der Waals surface area contributed by atoms with Gasteiger partial charge >= 0.3 is 8.24 Å². The fourth-order valence-electron chi connectivity index (χ4n) is 3.24. The number of halogens is 2. The Balaban J connectivity index is 2.03. The molecule has 0 saturated carbocycles. The van der Waals surface area contributed by atoms with Gasteiger partial charge in [0.25, 0.3) is 0 Å². The van der Waals surface area contributed by atoms with Gasteiger partial charge in [0.2, 0.25) is 0 Å². The Morgan fingerprint density at radius 2 is 1.27 bits per heavy atom. The number of benzene rings is 3. The molecule has 0 fully saturated rings. The first-order chi connectivity index (χ1) is 14.5. The van der Waals surface area contributed by atoms with E-state index in [1.54, 1.807) is 38.5 Å². The minimum absolute atomic E-state index is 0.245. The molecule has 4 rings (SSSR count). The topological polar surface area (TPSA) is 54.0 Å². The molecular formula is C22H19Cl2O5P. The average molecular weight is 465 g/mol. The van der Waals surface area contributed by atoms with Gasteiger partial charge in [0.1, 0.15) is 22.7 Å².